The molecule has 1 amide bonds. The molecular weight excluding hydrogens is 264 g/mol. The monoisotopic (exact) mass is 274 g/mol. The van der Waals surface area contributed by atoms with Crippen LogP contribution in [-0.4, -0.2) is 28.3 Å². The van der Waals surface area contributed by atoms with Crippen LogP contribution in [0, 0.1) is 0 Å². The van der Waals surface area contributed by atoms with Crippen LogP contribution < -0.4 is 16.0 Å². The number of carbonyl (C=O) groups is 2. The number of aromatic nitrogens is 1. The third kappa shape index (κ3) is 2.26. The Kier molecular flexibility index (Phi) is 2.75. The molecule has 0 saturated carbocycles. The first kappa shape index (κ1) is 12.0. The highest BCUT2D eigenvalue weighted by Gasteiger charge is 2.26. The largest absolute Gasteiger partial charge is 0.478 e. The van der Waals surface area contributed by atoms with E-state index in [2.05, 4.69) is 20.9 Å². The number of para-hydroxylation sites is 2. The number of benzene rings is 1. The smallest absolute Gasteiger partial charge is 0.330 e. The van der Waals surface area contributed by atoms with Crippen LogP contribution in [0.3, 0.4) is 0 Å². The third-order valence-electron chi connectivity index (χ3n) is 2.65. The van der Waals surface area contributed by atoms with Crippen LogP contribution in [0.25, 0.3) is 11.1 Å². The zero-order chi connectivity index (χ0) is 14.1. The molecule has 102 valence electrons. The molecule has 2 heterocycles. The highest BCUT2D eigenvalue weighted by atomic mass is 16.4. The van der Waals surface area contributed by atoms with Gasteiger partial charge in [-0.25, -0.2) is 4.79 Å². The van der Waals surface area contributed by atoms with Crippen LogP contribution in [0.15, 0.2) is 40.5 Å². The van der Waals surface area contributed by atoms with E-state index in [1.165, 1.54) is 0 Å². The maximum Gasteiger partial charge on any atom is 0.330 e. The number of nitrogens with zero attached hydrogens (tertiary/aromatic N) is 1. The van der Waals surface area contributed by atoms with Crippen LogP contribution in [0.4, 0.5) is 6.01 Å². The van der Waals surface area contributed by atoms with Gasteiger partial charge in [0.25, 0.3) is 11.9 Å². The third-order valence-corrected chi connectivity index (χ3v) is 2.65. The molecule has 1 aromatic heterocycles. The van der Waals surface area contributed by atoms with Gasteiger partial charge in [-0.2, -0.15) is 4.98 Å². The van der Waals surface area contributed by atoms with E-state index in [4.69, 9.17) is 9.52 Å². The lowest BCUT2D eigenvalue weighted by Crippen LogP contribution is -2.39. The zero-order valence-electron chi connectivity index (χ0n) is 10.1. The summed E-state index contributed by atoms with van der Waals surface area (Å²) in [6.45, 7) is 0. The Bertz CT molecular complexity index is 688. The molecule has 0 aliphatic carbocycles. The van der Waals surface area contributed by atoms with E-state index in [1.807, 2.05) is 12.1 Å². The molecule has 0 bridgehead atoms. The van der Waals surface area contributed by atoms with Crippen molar-refractivity contribution in [2.24, 2.45) is 0 Å². The number of nitrogens with one attached hydrogen (secondary N) is 3. The minimum atomic E-state index is -1.20. The molecule has 8 heteroatoms. The van der Waals surface area contributed by atoms with E-state index in [-0.39, 0.29) is 11.7 Å². The molecule has 8 nitrogen and oxygen atoms in total. The number of fused-ring (bicyclic) bond motifs is 1. The molecule has 1 saturated heterocycles. The van der Waals surface area contributed by atoms with Gasteiger partial charge < -0.3 is 25.5 Å². The van der Waals surface area contributed by atoms with E-state index in [0.29, 0.717) is 11.1 Å². The van der Waals surface area contributed by atoms with E-state index in [9.17, 15) is 9.59 Å². The Morgan fingerprint density at radius 3 is 2.95 bits per heavy atom. The first-order valence-electron chi connectivity index (χ1n) is 5.76. The fourth-order valence-electron chi connectivity index (χ4n) is 1.83. The van der Waals surface area contributed by atoms with E-state index in [0.717, 1.165) is 6.08 Å². The number of carboxylic acids is 1. The zero-order valence-corrected chi connectivity index (χ0v) is 10.1. The Labute approximate surface area is 112 Å². The Hall–Kier alpha value is -3.03. The topological polar surface area (TPSA) is 116 Å². The number of hydrogen-bond acceptors (Lipinski definition) is 6. The van der Waals surface area contributed by atoms with Gasteiger partial charge in [-0.3, -0.25) is 4.79 Å². The summed E-state index contributed by atoms with van der Waals surface area (Å²) < 4.78 is 5.43. The second-order valence-corrected chi connectivity index (χ2v) is 4.08. The van der Waals surface area contributed by atoms with E-state index >= 15 is 0 Å². The van der Waals surface area contributed by atoms with Gasteiger partial charge in [-0.15, -0.1) is 0 Å². The number of amides is 1. The SMILES string of the molecule is O=C(O)C=C1NC(Nc2nc3ccccc3o2)NC1=O. The number of oxazole rings is 1. The van der Waals surface area contributed by atoms with E-state index < -0.39 is 18.2 Å². The number of anilines is 1. The molecule has 1 aromatic carbocycles. The van der Waals surface area contributed by atoms with Crippen molar-refractivity contribution in [3.05, 3.63) is 36.0 Å². The first-order chi connectivity index (χ1) is 9.61. The van der Waals surface area contributed by atoms with Crippen LogP contribution >= 0.6 is 0 Å². The fourth-order valence-corrected chi connectivity index (χ4v) is 1.83. The molecule has 1 fully saturated rings. The summed E-state index contributed by atoms with van der Waals surface area (Å²) in [6.07, 6.45) is 0.115. The number of carbonyl (C=O) groups excluding carboxylic acids is 1. The first-order valence-corrected chi connectivity index (χ1v) is 5.76. The molecule has 20 heavy (non-hydrogen) atoms. The molecule has 4 N–H and O–H groups in total. The number of hydrogen-bond donors (Lipinski definition) is 4. The summed E-state index contributed by atoms with van der Waals surface area (Å²) in [7, 11) is 0. The second kappa shape index (κ2) is 4.57. The van der Waals surface area contributed by atoms with Crippen molar-refractivity contribution in [3.8, 4) is 0 Å². The van der Waals surface area contributed by atoms with Crippen molar-refractivity contribution >= 4 is 29.0 Å². The van der Waals surface area contributed by atoms with Gasteiger partial charge in [0.15, 0.2) is 11.9 Å². The maximum atomic E-state index is 11.5. The molecule has 1 unspecified atom stereocenters. The van der Waals surface area contributed by atoms with Gasteiger partial charge in [0, 0.05) is 0 Å². The number of carboxylic acid groups (broad SMARTS) is 1. The van der Waals surface area contributed by atoms with Gasteiger partial charge in [-0.1, -0.05) is 12.1 Å². The maximum absolute atomic E-state index is 11.5. The summed E-state index contributed by atoms with van der Waals surface area (Å²) in [5.74, 6) is -1.72. The molecule has 1 aliphatic rings. The van der Waals surface area contributed by atoms with Gasteiger partial charge in [0.1, 0.15) is 11.2 Å². The molecule has 3 rings (SSSR count). The average Bonchev–Trinajstić information content (AvgIpc) is 2.92. The van der Waals surface area contributed by atoms with Crippen molar-refractivity contribution in [2.75, 3.05) is 5.32 Å². The lowest BCUT2D eigenvalue weighted by Gasteiger charge is -2.10. The molecule has 1 aliphatic heterocycles. The Morgan fingerprint density at radius 1 is 1.40 bits per heavy atom. The quantitative estimate of drug-likeness (QED) is 0.591. The minimum Gasteiger partial charge on any atom is -0.478 e. The summed E-state index contributed by atoms with van der Waals surface area (Å²) in [5, 5.41) is 16.6. The number of aliphatic carboxylic acids is 1. The van der Waals surface area contributed by atoms with Crippen molar-refractivity contribution in [1.29, 1.82) is 0 Å². The van der Waals surface area contributed by atoms with Crippen molar-refractivity contribution in [2.45, 2.75) is 6.29 Å². The Morgan fingerprint density at radius 2 is 2.20 bits per heavy atom. The lowest BCUT2D eigenvalue weighted by atomic mass is 10.3. The van der Waals surface area contributed by atoms with Crippen LogP contribution in [0.5, 0.6) is 0 Å². The van der Waals surface area contributed by atoms with E-state index in [1.54, 1.807) is 12.1 Å². The Balaban J connectivity index is 1.76. The van der Waals surface area contributed by atoms with Crippen molar-refractivity contribution < 1.29 is 19.1 Å². The molecule has 1 atom stereocenters. The summed E-state index contributed by atoms with van der Waals surface area (Å²) in [6, 6.07) is 7.43. The van der Waals surface area contributed by atoms with Gasteiger partial charge in [0.05, 0.1) is 6.08 Å². The molecule has 0 spiro atoms. The highest BCUT2D eigenvalue weighted by molar-refractivity contribution is 6.00. The van der Waals surface area contributed by atoms with Crippen LogP contribution in [0.1, 0.15) is 0 Å². The van der Waals surface area contributed by atoms with Crippen molar-refractivity contribution in [1.82, 2.24) is 15.6 Å². The summed E-state index contributed by atoms with van der Waals surface area (Å²) >= 11 is 0. The van der Waals surface area contributed by atoms with Gasteiger partial charge in [0.2, 0.25) is 0 Å². The normalized spacial score (nSPS) is 19.9. The second-order valence-electron chi connectivity index (χ2n) is 4.08. The minimum absolute atomic E-state index is 0.0360. The standard InChI is InChI=1S/C12H10N4O4/c17-9(18)5-7-10(19)15-11(13-7)16-12-14-6-3-1-2-4-8(6)20-12/h1-5,11,13H,(H,14,16)(H,15,19)(H,17,18). The molecular formula is C12H10N4O4. The van der Waals surface area contributed by atoms with Crippen molar-refractivity contribution in [3.63, 3.8) is 0 Å². The lowest BCUT2D eigenvalue weighted by molar-refractivity contribution is -0.131. The average molecular weight is 274 g/mol. The predicted octanol–water partition coefficient (Wildman–Crippen LogP) is 0.211. The van der Waals surface area contributed by atoms with Gasteiger partial charge in [-0.05, 0) is 12.1 Å². The molecule has 2 aromatic rings. The van der Waals surface area contributed by atoms with Gasteiger partial charge >= 0.3 is 5.97 Å². The fraction of sp³-hybridized carbons (Fsp3) is 0.0833. The summed E-state index contributed by atoms with van der Waals surface area (Å²) in [4.78, 5) is 26.2. The number of rotatable bonds is 3. The molecule has 0 radical (unpaired) electrons. The highest BCUT2D eigenvalue weighted by Crippen LogP contribution is 2.18. The van der Waals surface area contributed by atoms with Crippen LogP contribution in [-0.2, 0) is 9.59 Å². The van der Waals surface area contributed by atoms with Crippen LogP contribution in [0.2, 0.25) is 0 Å². The predicted molar refractivity (Wildman–Crippen MR) is 68.4 cm³/mol. The summed E-state index contributed by atoms with van der Waals surface area (Å²) in [5.41, 5.74) is 1.26.